The molecule has 1 heterocycles. The van der Waals surface area contributed by atoms with E-state index in [1.807, 2.05) is 6.07 Å². The summed E-state index contributed by atoms with van der Waals surface area (Å²) < 4.78 is 0. The van der Waals surface area contributed by atoms with Crippen molar-refractivity contribution in [2.24, 2.45) is 0 Å². The van der Waals surface area contributed by atoms with Crippen LogP contribution in [-0.2, 0) is 0 Å². The van der Waals surface area contributed by atoms with Crippen LogP contribution in [0.3, 0.4) is 0 Å². The fourth-order valence-corrected chi connectivity index (χ4v) is 1.73. The Labute approximate surface area is 88.9 Å². The minimum Gasteiger partial charge on any atom is -0.395 e. The summed E-state index contributed by atoms with van der Waals surface area (Å²) in [5, 5.41) is 8.90. The number of H-pyrrole nitrogens is 1. The summed E-state index contributed by atoms with van der Waals surface area (Å²) in [7, 11) is 0. The van der Waals surface area contributed by atoms with Gasteiger partial charge in [-0.05, 0) is 25.0 Å². The number of ketones is 1. The molecule has 0 unspecified atom stereocenters. The lowest BCUT2D eigenvalue weighted by atomic mass is 10.2. The van der Waals surface area contributed by atoms with Gasteiger partial charge in [-0.15, -0.1) is 0 Å². The molecule has 2 N–H and O–H groups in total. The van der Waals surface area contributed by atoms with Crippen molar-refractivity contribution in [3.05, 3.63) is 24.0 Å². The normalized spacial score (nSPS) is 15.9. The quantitative estimate of drug-likeness (QED) is 0.675. The van der Waals surface area contributed by atoms with Crippen LogP contribution >= 0.6 is 0 Å². The lowest BCUT2D eigenvalue weighted by molar-refractivity contribution is 0.0903. The Morgan fingerprint density at radius 2 is 2.40 bits per heavy atom. The summed E-state index contributed by atoms with van der Waals surface area (Å²) in [5.41, 5.74) is 0.651. The molecule has 0 saturated heterocycles. The van der Waals surface area contributed by atoms with Crippen LogP contribution in [-0.4, -0.2) is 46.5 Å². The third kappa shape index (κ3) is 2.67. The zero-order valence-electron chi connectivity index (χ0n) is 8.65. The number of hydrogen-bond acceptors (Lipinski definition) is 3. The number of aromatic nitrogens is 1. The molecule has 2 rings (SSSR count). The SMILES string of the molecule is O=C(CN(CCO)C1CC1)c1ccc[nH]1. The standard InChI is InChI=1S/C11H16N2O2/c14-7-6-13(9-3-4-9)8-11(15)10-2-1-5-12-10/h1-2,5,9,12,14H,3-4,6-8H2. The van der Waals surface area contributed by atoms with Gasteiger partial charge >= 0.3 is 0 Å². The lowest BCUT2D eigenvalue weighted by Crippen LogP contribution is -2.34. The van der Waals surface area contributed by atoms with Crippen molar-refractivity contribution in [1.82, 2.24) is 9.88 Å². The van der Waals surface area contributed by atoms with Gasteiger partial charge in [-0.25, -0.2) is 0 Å². The number of hydrogen-bond donors (Lipinski definition) is 2. The molecule has 0 atom stereocenters. The molecule has 4 heteroatoms. The molecule has 1 fully saturated rings. The van der Waals surface area contributed by atoms with Crippen LogP contribution in [0.25, 0.3) is 0 Å². The fraction of sp³-hybridized carbons (Fsp3) is 0.545. The van der Waals surface area contributed by atoms with Crippen LogP contribution in [0.4, 0.5) is 0 Å². The number of nitrogens with zero attached hydrogens (tertiary/aromatic N) is 1. The van der Waals surface area contributed by atoms with Gasteiger partial charge in [0.25, 0.3) is 0 Å². The molecule has 0 bridgehead atoms. The number of aromatic amines is 1. The minimum atomic E-state index is 0.0975. The Morgan fingerprint density at radius 3 is 2.93 bits per heavy atom. The second kappa shape index (κ2) is 4.59. The van der Waals surface area contributed by atoms with Crippen LogP contribution in [0.1, 0.15) is 23.3 Å². The average Bonchev–Trinajstić information content (AvgIpc) is 2.92. The second-order valence-corrected chi connectivity index (χ2v) is 3.93. The van der Waals surface area contributed by atoms with Gasteiger partial charge in [0.2, 0.25) is 0 Å². The van der Waals surface area contributed by atoms with E-state index in [0.29, 0.717) is 24.8 Å². The molecule has 1 aromatic heterocycles. The van der Waals surface area contributed by atoms with E-state index in [1.54, 1.807) is 12.3 Å². The van der Waals surface area contributed by atoms with Crippen molar-refractivity contribution in [3.63, 3.8) is 0 Å². The topological polar surface area (TPSA) is 56.3 Å². The maximum absolute atomic E-state index is 11.8. The molecule has 0 aromatic carbocycles. The number of carbonyl (C=O) groups is 1. The van der Waals surface area contributed by atoms with Gasteiger partial charge in [0, 0.05) is 18.8 Å². The lowest BCUT2D eigenvalue weighted by Gasteiger charge is -2.19. The van der Waals surface area contributed by atoms with Gasteiger partial charge < -0.3 is 10.1 Å². The van der Waals surface area contributed by atoms with E-state index in [0.717, 1.165) is 12.8 Å². The second-order valence-electron chi connectivity index (χ2n) is 3.93. The Balaban J connectivity index is 1.91. The Morgan fingerprint density at radius 1 is 1.60 bits per heavy atom. The summed E-state index contributed by atoms with van der Waals surface area (Å²) in [6.45, 7) is 1.12. The van der Waals surface area contributed by atoms with Gasteiger partial charge in [0.05, 0.1) is 18.8 Å². The summed E-state index contributed by atoms with van der Waals surface area (Å²) in [6.07, 6.45) is 4.05. The van der Waals surface area contributed by atoms with Crippen LogP contribution in [0.15, 0.2) is 18.3 Å². The molecular weight excluding hydrogens is 192 g/mol. The largest absolute Gasteiger partial charge is 0.395 e. The summed E-state index contributed by atoms with van der Waals surface area (Å²) >= 11 is 0. The molecule has 0 aliphatic heterocycles. The van der Waals surface area contributed by atoms with E-state index < -0.39 is 0 Å². The van der Waals surface area contributed by atoms with E-state index in [-0.39, 0.29) is 12.4 Å². The number of aliphatic hydroxyl groups is 1. The first-order valence-corrected chi connectivity index (χ1v) is 5.33. The Hall–Kier alpha value is -1.13. The molecule has 1 saturated carbocycles. The molecular formula is C11H16N2O2. The van der Waals surface area contributed by atoms with Crippen molar-refractivity contribution in [2.75, 3.05) is 19.7 Å². The summed E-state index contributed by atoms with van der Waals surface area (Å²) in [4.78, 5) is 16.7. The molecule has 15 heavy (non-hydrogen) atoms. The van der Waals surface area contributed by atoms with Crippen molar-refractivity contribution in [3.8, 4) is 0 Å². The van der Waals surface area contributed by atoms with Gasteiger partial charge in [0.1, 0.15) is 0 Å². The van der Waals surface area contributed by atoms with Crippen LogP contribution in [0.5, 0.6) is 0 Å². The number of nitrogens with one attached hydrogen (secondary N) is 1. The van der Waals surface area contributed by atoms with Crippen molar-refractivity contribution < 1.29 is 9.90 Å². The summed E-state index contributed by atoms with van der Waals surface area (Å²) in [5.74, 6) is 0.0975. The average molecular weight is 208 g/mol. The van der Waals surface area contributed by atoms with Crippen molar-refractivity contribution in [1.29, 1.82) is 0 Å². The van der Waals surface area contributed by atoms with Gasteiger partial charge in [0.15, 0.2) is 5.78 Å². The van der Waals surface area contributed by atoms with Gasteiger partial charge in [-0.2, -0.15) is 0 Å². The smallest absolute Gasteiger partial charge is 0.192 e. The third-order valence-electron chi connectivity index (χ3n) is 2.70. The first-order chi connectivity index (χ1) is 7.31. The molecule has 82 valence electrons. The summed E-state index contributed by atoms with van der Waals surface area (Å²) in [6, 6.07) is 4.11. The maximum atomic E-state index is 11.8. The monoisotopic (exact) mass is 208 g/mol. The number of aliphatic hydroxyl groups excluding tert-OH is 1. The highest BCUT2D eigenvalue weighted by atomic mass is 16.3. The zero-order chi connectivity index (χ0) is 10.7. The molecule has 1 aliphatic rings. The molecule has 0 radical (unpaired) electrons. The highest BCUT2D eigenvalue weighted by Gasteiger charge is 2.29. The van der Waals surface area contributed by atoms with Crippen LogP contribution in [0.2, 0.25) is 0 Å². The number of carbonyl (C=O) groups excluding carboxylic acids is 1. The molecule has 0 amide bonds. The van der Waals surface area contributed by atoms with Gasteiger partial charge in [-0.3, -0.25) is 9.69 Å². The molecule has 0 spiro atoms. The third-order valence-corrected chi connectivity index (χ3v) is 2.70. The Kier molecular flexibility index (Phi) is 3.18. The highest BCUT2D eigenvalue weighted by Crippen LogP contribution is 2.26. The van der Waals surface area contributed by atoms with Gasteiger partial charge in [-0.1, -0.05) is 0 Å². The van der Waals surface area contributed by atoms with E-state index >= 15 is 0 Å². The van der Waals surface area contributed by atoms with E-state index in [2.05, 4.69) is 9.88 Å². The predicted molar refractivity (Wildman–Crippen MR) is 56.8 cm³/mol. The van der Waals surface area contributed by atoms with Crippen molar-refractivity contribution >= 4 is 5.78 Å². The minimum absolute atomic E-state index is 0.0975. The molecule has 1 aliphatic carbocycles. The van der Waals surface area contributed by atoms with Crippen LogP contribution in [0, 0.1) is 0 Å². The molecule has 1 aromatic rings. The van der Waals surface area contributed by atoms with E-state index in [4.69, 9.17) is 5.11 Å². The van der Waals surface area contributed by atoms with Crippen LogP contribution < -0.4 is 0 Å². The number of rotatable bonds is 6. The first-order valence-electron chi connectivity index (χ1n) is 5.33. The zero-order valence-corrected chi connectivity index (χ0v) is 8.65. The molecule has 4 nitrogen and oxygen atoms in total. The number of Topliss-reactive ketones (excluding diaryl/α,β-unsaturated/α-hetero) is 1. The van der Waals surface area contributed by atoms with Crippen molar-refractivity contribution in [2.45, 2.75) is 18.9 Å². The highest BCUT2D eigenvalue weighted by molar-refractivity contribution is 5.95. The Bertz CT molecular complexity index is 317. The van der Waals surface area contributed by atoms with E-state index in [9.17, 15) is 4.79 Å². The van der Waals surface area contributed by atoms with E-state index in [1.165, 1.54) is 0 Å². The maximum Gasteiger partial charge on any atom is 0.192 e. The first kappa shape index (κ1) is 10.4. The predicted octanol–water partition coefficient (Wildman–Crippen LogP) is 0.654. The fourth-order valence-electron chi connectivity index (χ4n) is 1.73.